The number of hydrogen-bond donors (Lipinski definition) is 0. The van der Waals surface area contributed by atoms with Gasteiger partial charge >= 0.3 is 12.1 Å². The largest absolute Gasteiger partial charge is 0.513 e. The molecular formula is C12H23F3O3Si. The predicted molar refractivity (Wildman–Crippen MR) is 69.4 cm³/mol. The van der Waals surface area contributed by atoms with Crippen LogP contribution in [-0.2, 0) is 14.0 Å². The van der Waals surface area contributed by atoms with E-state index in [-0.39, 0.29) is 0 Å². The average molecular weight is 300 g/mol. The molecule has 0 radical (unpaired) electrons. The third-order valence-corrected chi connectivity index (χ3v) is 7.79. The second-order valence-corrected chi connectivity index (χ2v) is 9.14. The molecule has 1 aliphatic heterocycles. The lowest BCUT2D eigenvalue weighted by molar-refractivity contribution is -0.190. The summed E-state index contributed by atoms with van der Waals surface area (Å²) < 4.78 is 45.4. The molecule has 0 aliphatic carbocycles. The van der Waals surface area contributed by atoms with Crippen molar-refractivity contribution in [3.8, 4) is 0 Å². The maximum atomic E-state index is 11.9. The van der Waals surface area contributed by atoms with Gasteiger partial charge in [-0.1, -0.05) is 20.8 Å². The molecule has 0 saturated carbocycles. The van der Waals surface area contributed by atoms with Crippen LogP contribution in [0.3, 0.4) is 0 Å². The lowest BCUT2D eigenvalue weighted by Crippen LogP contribution is -2.42. The molecule has 0 atom stereocenters. The Balaban J connectivity index is 0.000000532. The summed E-state index contributed by atoms with van der Waals surface area (Å²) in [5, 5.41) is 0. The van der Waals surface area contributed by atoms with Gasteiger partial charge < -0.3 is 9.16 Å². The summed E-state index contributed by atoms with van der Waals surface area (Å²) in [4.78, 5) is 10.6. The number of ether oxygens (including phenoxy) is 1. The van der Waals surface area contributed by atoms with Gasteiger partial charge in [0.25, 0.3) is 8.32 Å². The lowest BCUT2D eigenvalue weighted by atomic mass is 10.4. The third-order valence-electron chi connectivity index (χ3n) is 3.30. The Labute approximate surface area is 113 Å². The summed E-state index contributed by atoms with van der Waals surface area (Å²) in [6.45, 7) is 7.30. The summed E-state index contributed by atoms with van der Waals surface area (Å²) in [6.07, 6.45) is -2.31. The van der Waals surface area contributed by atoms with Gasteiger partial charge in [-0.2, -0.15) is 13.2 Å². The first-order valence-electron chi connectivity index (χ1n) is 6.69. The van der Waals surface area contributed by atoms with E-state index in [0.717, 1.165) is 13.2 Å². The minimum Gasteiger partial charge on any atom is -0.513 e. The molecule has 0 aromatic heterocycles. The normalized spacial score (nSPS) is 15.7. The van der Waals surface area contributed by atoms with Gasteiger partial charge in [-0.05, 0) is 31.0 Å². The zero-order chi connectivity index (χ0) is 14.9. The zero-order valence-corrected chi connectivity index (χ0v) is 12.8. The van der Waals surface area contributed by atoms with Gasteiger partial charge in [0.2, 0.25) is 0 Å². The van der Waals surface area contributed by atoms with Crippen LogP contribution in [0.5, 0.6) is 0 Å². The molecule has 1 rings (SSSR count). The number of halogens is 3. The minimum absolute atomic E-state index is 0.530. The van der Waals surface area contributed by atoms with Crippen LogP contribution in [0, 0.1) is 0 Å². The summed E-state index contributed by atoms with van der Waals surface area (Å²) in [5.41, 5.74) is 0. The van der Waals surface area contributed by atoms with Crippen molar-refractivity contribution in [1.82, 2.24) is 0 Å². The van der Waals surface area contributed by atoms with Crippen molar-refractivity contribution in [3.05, 3.63) is 0 Å². The summed E-state index contributed by atoms with van der Waals surface area (Å²) in [5.74, 6) is -2.03. The van der Waals surface area contributed by atoms with Gasteiger partial charge in [-0.15, -0.1) is 0 Å². The molecule has 0 bridgehead atoms. The maximum absolute atomic E-state index is 11.9. The fourth-order valence-corrected chi connectivity index (χ4v) is 4.17. The van der Waals surface area contributed by atoms with Gasteiger partial charge in [0, 0.05) is 13.2 Å². The second kappa shape index (κ2) is 8.58. The molecule has 3 nitrogen and oxygen atoms in total. The van der Waals surface area contributed by atoms with Crippen molar-refractivity contribution in [1.29, 1.82) is 0 Å². The van der Waals surface area contributed by atoms with E-state index in [4.69, 9.17) is 4.74 Å². The van der Waals surface area contributed by atoms with Gasteiger partial charge in [0.15, 0.2) is 0 Å². The molecule has 0 N–H and O–H groups in total. The minimum atomic E-state index is -4.86. The molecule has 1 saturated heterocycles. The first kappa shape index (κ1) is 18.4. The molecule has 1 aliphatic rings. The second-order valence-electron chi connectivity index (χ2n) is 4.45. The molecule has 114 valence electrons. The highest BCUT2D eigenvalue weighted by Gasteiger charge is 2.45. The smallest absolute Gasteiger partial charge is 0.489 e. The third kappa shape index (κ3) is 6.96. The number of carbonyl (C=O) groups excluding carboxylic acids is 1. The topological polar surface area (TPSA) is 35.5 Å². The monoisotopic (exact) mass is 300 g/mol. The number of hydrogen-bond acceptors (Lipinski definition) is 3. The quantitative estimate of drug-likeness (QED) is 0.739. The Kier molecular flexibility index (Phi) is 8.32. The summed E-state index contributed by atoms with van der Waals surface area (Å²) >= 11 is 0. The predicted octanol–water partition coefficient (Wildman–Crippen LogP) is 3.89. The highest BCUT2D eigenvalue weighted by atomic mass is 28.4. The Morgan fingerprint density at radius 3 is 1.74 bits per heavy atom. The highest BCUT2D eigenvalue weighted by molar-refractivity contribution is 6.75. The van der Waals surface area contributed by atoms with E-state index in [1.807, 2.05) is 0 Å². The van der Waals surface area contributed by atoms with Gasteiger partial charge in [0.05, 0.1) is 0 Å². The SMILES string of the molecule is C1CCOC1.CC[Si](CC)(CC)OC(=O)C(F)(F)F. The molecule has 7 heteroatoms. The van der Waals surface area contributed by atoms with Crippen LogP contribution in [-0.4, -0.2) is 33.7 Å². The fraction of sp³-hybridized carbons (Fsp3) is 0.917. The summed E-state index contributed by atoms with van der Waals surface area (Å²) in [6, 6.07) is 1.59. The number of alkyl halides is 3. The molecule has 1 heterocycles. The highest BCUT2D eigenvalue weighted by Crippen LogP contribution is 2.26. The number of carbonyl (C=O) groups is 1. The Morgan fingerprint density at radius 1 is 1.11 bits per heavy atom. The van der Waals surface area contributed by atoms with Crippen molar-refractivity contribution < 1.29 is 27.1 Å². The Hall–Kier alpha value is -0.563. The van der Waals surface area contributed by atoms with Crippen LogP contribution in [0.25, 0.3) is 0 Å². The van der Waals surface area contributed by atoms with Crippen LogP contribution in [0.4, 0.5) is 13.2 Å². The first-order valence-corrected chi connectivity index (χ1v) is 9.22. The Bertz CT molecular complexity index is 246. The van der Waals surface area contributed by atoms with Gasteiger partial charge in [-0.3, -0.25) is 0 Å². The van der Waals surface area contributed by atoms with E-state index in [1.54, 1.807) is 20.8 Å². The molecule has 0 spiro atoms. The standard InChI is InChI=1S/C8H15F3O2Si.C4H8O/c1-4-14(5-2,6-3)13-7(12)8(9,10)11;1-2-4-5-3-1/h4-6H2,1-3H3;1-4H2. The molecular weight excluding hydrogens is 277 g/mol. The van der Waals surface area contributed by atoms with Crippen LogP contribution >= 0.6 is 0 Å². The van der Waals surface area contributed by atoms with Crippen molar-refractivity contribution >= 4 is 14.3 Å². The molecule has 0 amide bonds. The van der Waals surface area contributed by atoms with E-state index in [1.165, 1.54) is 12.8 Å². The van der Waals surface area contributed by atoms with E-state index >= 15 is 0 Å². The van der Waals surface area contributed by atoms with E-state index in [9.17, 15) is 18.0 Å². The van der Waals surface area contributed by atoms with Crippen molar-refractivity contribution in [2.75, 3.05) is 13.2 Å². The molecule has 19 heavy (non-hydrogen) atoms. The Morgan fingerprint density at radius 2 is 1.53 bits per heavy atom. The van der Waals surface area contributed by atoms with Crippen molar-refractivity contribution in [2.45, 2.75) is 57.9 Å². The van der Waals surface area contributed by atoms with Gasteiger partial charge in [-0.25, -0.2) is 4.79 Å². The maximum Gasteiger partial charge on any atom is 0.489 e. The molecule has 0 aromatic rings. The molecule has 1 fully saturated rings. The average Bonchev–Trinajstić information content (AvgIpc) is 2.94. The van der Waals surface area contributed by atoms with Crippen LogP contribution in [0.1, 0.15) is 33.6 Å². The molecule has 0 aromatic carbocycles. The molecule has 0 unspecified atom stereocenters. The van der Waals surface area contributed by atoms with Crippen molar-refractivity contribution in [2.24, 2.45) is 0 Å². The van der Waals surface area contributed by atoms with Crippen LogP contribution < -0.4 is 0 Å². The van der Waals surface area contributed by atoms with E-state index < -0.39 is 20.5 Å². The van der Waals surface area contributed by atoms with Gasteiger partial charge in [0.1, 0.15) is 0 Å². The van der Waals surface area contributed by atoms with Crippen LogP contribution in [0.15, 0.2) is 0 Å². The van der Waals surface area contributed by atoms with E-state index in [0.29, 0.717) is 18.1 Å². The van der Waals surface area contributed by atoms with Crippen molar-refractivity contribution in [3.63, 3.8) is 0 Å². The van der Waals surface area contributed by atoms with E-state index in [2.05, 4.69) is 4.43 Å². The summed E-state index contributed by atoms with van der Waals surface area (Å²) in [7, 11) is -2.46. The lowest BCUT2D eigenvalue weighted by Gasteiger charge is -2.27. The first-order chi connectivity index (χ1) is 8.81. The van der Waals surface area contributed by atoms with Crippen LogP contribution in [0.2, 0.25) is 18.1 Å². The fourth-order valence-electron chi connectivity index (χ4n) is 1.73. The number of rotatable bonds is 4. The zero-order valence-electron chi connectivity index (χ0n) is 11.8.